The quantitative estimate of drug-likeness (QED) is 0.491. The van der Waals surface area contributed by atoms with Crippen LogP contribution in [-0.4, -0.2) is 15.9 Å². The van der Waals surface area contributed by atoms with Gasteiger partial charge in [-0.1, -0.05) is 42.9 Å². The lowest BCUT2D eigenvalue weighted by atomic mass is 9.82. The van der Waals surface area contributed by atoms with Crippen LogP contribution in [0, 0.1) is 5.92 Å². The molecule has 3 rings (SSSR count). The molecule has 0 bridgehead atoms. The van der Waals surface area contributed by atoms with Crippen molar-refractivity contribution < 1.29 is 5.21 Å². The van der Waals surface area contributed by atoms with E-state index in [4.69, 9.17) is 11.6 Å². The third-order valence-electron chi connectivity index (χ3n) is 4.64. The second-order valence-electron chi connectivity index (χ2n) is 6.31. The minimum atomic E-state index is -0.101. The number of nitrogens with zero attached hydrogens (tertiary/aromatic N) is 1. The van der Waals surface area contributed by atoms with Crippen molar-refractivity contribution in [2.45, 2.75) is 45.4 Å². The molecule has 0 spiro atoms. The topological polar surface area (TPSA) is 65.5 Å². The largest absolute Gasteiger partial charge is 0.411 e. The van der Waals surface area contributed by atoms with Crippen LogP contribution in [0.2, 0.25) is 5.02 Å². The summed E-state index contributed by atoms with van der Waals surface area (Å²) < 4.78 is 0. The molecule has 0 amide bonds. The second kappa shape index (κ2) is 6.75. The van der Waals surface area contributed by atoms with Gasteiger partial charge in [-0.25, -0.2) is 0 Å². The Bertz CT molecular complexity index is 811. The maximum atomic E-state index is 12.8. The summed E-state index contributed by atoms with van der Waals surface area (Å²) in [7, 11) is 0. The Kier molecular flexibility index (Phi) is 4.71. The van der Waals surface area contributed by atoms with E-state index < -0.39 is 0 Å². The number of pyridine rings is 1. The predicted molar refractivity (Wildman–Crippen MR) is 93.9 cm³/mol. The standard InChI is InChI=1S/C18H21ClN2O2/c1-2-3-4-5-11-8-15-17(16(9-11)21-23)18(22)13-10-12(19)6-7-14(13)20-15/h6-7,10-11,23H,2-5,8-9H2,1H3,(H,20,22)/b21-16+. The number of nitrogens with one attached hydrogen (secondary N) is 1. The molecule has 1 aromatic heterocycles. The van der Waals surface area contributed by atoms with Gasteiger partial charge in [-0.3, -0.25) is 4.79 Å². The molecule has 0 saturated heterocycles. The van der Waals surface area contributed by atoms with Crippen molar-refractivity contribution in [2.75, 3.05) is 0 Å². The lowest BCUT2D eigenvalue weighted by molar-refractivity contribution is 0.314. The third kappa shape index (κ3) is 3.13. The first-order valence-corrected chi connectivity index (χ1v) is 8.57. The van der Waals surface area contributed by atoms with Gasteiger partial charge in [-0.2, -0.15) is 0 Å². The molecule has 122 valence electrons. The maximum absolute atomic E-state index is 12.8. The minimum absolute atomic E-state index is 0.101. The van der Waals surface area contributed by atoms with Crippen molar-refractivity contribution >= 4 is 28.2 Å². The number of halogens is 1. The first kappa shape index (κ1) is 16.1. The molecular formula is C18H21ClN2O2. The van der Waals surface area contributed by atoms with E-state index in [2.05, 4.69) is 17.1 Å². The summed E-state index contributed by atoms with van der Waals surface area (Å²) in [6, 6.07) is 5.27. The van der Waals surface area contributed by atoms with Crippen LogP contribution < -0.4 is 5.43 Å². The average molecular weight is 333 g/mol. The summed E-state index contributed by atoms with van der Waals surface area (Å²) in [6.07, 6.45) is 6.14. The number of aromatic amines is 1. The Morgan fingerprint density at radius 2 is 2.17 bits per heavy atom. The second-order valence-corrected chi connectivity index (χ2v) is 6.75. The van der Waals surface area contributed by atoms with E-state index in [1.54, 1.807) is 12.1 Å². The van der Waals surface area contributed by atoms with Gasteiger partial charge >= 0.3 is 0 Å². The molecule has 4 nitrogen and oxygen atoms in total. The molecule has 1 atom stereocenters. The SMILES string of the molecule is CCCCCC1C/C(=N\O)c2c([nH]c3ccc(Cl)cc3c2=O)C1. The van der Waals surface area contributed by atoms with E-state index in [9.17, 15) is 10.0 Å². The molecule has 0 aliphatic heterocycles. The molecule has 1 aliphatic carbocycles. The highest BCUT2D eigenvalue weighted by molar-refractivity contribution is 6.31. The fourth-order valence-corrected chi connectivity index (χ4v) is 3.65. The third-order valence-corrected chi connectivity index (χ3v) is 4.88. The van der Waals surface area contributed by atoms with Gasteiger partial charge in [-0.05, 0) is 43.4 Å². The van der Waals surface area contributed by atoms with Gasteiger partial charge in [-0.15, -0.1) is 0 Å². The molecule has 23 heavy (non-hydrogen) atoms. The number of benzene rings is 1. The lowest BCUT2D eigenvalue weighted by Crippen LogP contribution is -2.29. The van der Waals surface area contributed by atoms with Gasteiger partial charge in [0, 0.05) is 21.6 Å². The highest BCUT2D eigenvalue weighted by atomic mass is 35.5. The van der Waals surface area contributed by atoms with Crippen LogP contribution in [0.1, 0.15) is 50.3 Å². The van der Waals surface area contributed by atoms with E-state index >= 15 is 0 Å². The van der Waals surface area contributed by atoms with E-state index in [0.29, 0.717) is 34.0 Å². The van der Waals surface area contributed by atoms with Crippen LogP contribution in [0.3, 0.4) is 0 Å². The summed E-state index contributed by atoms with van der Waals surface area (Å²) in [6.45, 7) is 2.19. The number of oxime groups is 1. The van der Waals surface area contributed by atoms with Gasteiger partial charge in [0.15, 0.2) is 5.43 Å². The highest BCUT2D eigenvalue weighted by Gasteiger charge is 2.27. The van der Waals surface area contributed by atoms with Gasteiger partial charge in [0.05, 0.1) is 11.3 Å². The van der Waals surface area contributed by atoms with Crippen molar-refractivity contribution in [3.8, 4) is 0 Å². The van der Waals surface area contributed by atoms with Gasteiger partial charge in [0.2, 0.25) is 0 Å². The Morgan fingerprint density at radius 3 is 2.91 bits per heavy atom. The Morgan fingerprint density at radius 1 is 1.35 bits per heavy atom. The minimum Gasteiger partial charge on any atom is -0.411 e. The number of hydrogen-bond acceptors (Lipinski definition) is 3. The van der Waals surface area contributed by atoms with Crippen molar-refractivity contribution in [1.29, 1.82) is 0 Å². The molecule has 5 heteroatoms. The lowest BCUT2D eigenvalue weighted by Gasteiger charge is -2.25. The molecule has 1 aliphatic rings. The van der Waals surface area contributed by atoms with Gasteiger partial charge in [0.25, 0.3) is 0 Å². The number of H-pyrrole nitrogens is 1. The molecule has 0 radical (unpaired) electrons. The zero-order chi connectivity index (χ0) is 16.4. The van der Waals surface area contributed by atoms with Crippen LogP contribution in [0.5, 0.6) is 0 Å². The number of fused-ring (bicyclic) bond motifs is 2. The van der Waals surface area contributed by atoms with Crippen LogP contribution in [-0.2, 0) is 6.42 Å². The number of unbranched alkanes of at least 4 members (excludes halogenated alkanes) is 2. The normalized spacial score (nSPS) is 19.2. The van der Waals surface area contributed by atoms with E-state index in [1.807, 2.05) is 6.07 Å². The summed E-state index contributed by atoms with van der Waals surface area (Å²) >= 11 is 6.01. The predicted octanol–water partition coefficient (Wildman–Crippen LogP) is 4.50. The molecule has 2 N–H and O–H groups in total. The molecule has 1 heterocycles. The Labute approximate surface area is 140 Å². The molecule has 2 aromatic rings. The van der Waals surface area contributed by atoms with Gasteiger partial charge < -0.3 is 10.2 Å². The zero-order valence-electron chi connectivity index (χ0n) is 13.2. The first-order chi connectivity index (χ1) is 11.1. The number of rotatable bonds is 4. The number of aromatic nitrogens is 1. The van der Waals surface area contributed by atoms with E-state index in [1.165, 1.54) is 19.3 Å². The van der Waals surface area contributed by atoms with E-state index in [-0.39, 0.29) is 5.43 Å². The monoisotopic (exact) mass is 332 g/mol. The summed E-state index contributed by atoms with van der Waals surface area (Å²) in [5.74, 6) is 0.417. The van der Waals surface area contributed by atoms with Crippen molar-refractivity contribution in [3.63, 3.8) is 0 Å². The zero-order valence-corrected chi connectivity index (χ0v) is 14.0. The van der Waals surface area contributed by atoms with Crippen molar-refractivity contribution in [3.05, 3.63) is 44.7 Å². The van der Waals surface area contributed by atoms with Crippen LogP contribution >= 0.6 is 11.6 Å². The van der Waals surface area contributed by atoms with Crippen LogP contribution in [0.25, 0.3) is 10.9 Å². The Hall–Kier alpha value is -1.81. The fourth-order valence-electron chi connectivity index (χ4n) is 3.48. The van der Waals surface area contributed by atoms with Gasteiger partial charge in [0.1, 0.15) is 0 Å². The smallest absolute Gasteiger partial charge is 0.198 e. The molecule has 0 saturated carbocycles. The van der Waals surface area contributed by atoms with Crippen LogP contribution in [0.15, 0.2) is 28.1 Å². The summed E-state index contributed by atoms with van der Waals surface area (Å²) in [5, 5.41) is 13.9. The fraction of sp³-hybridized carbons (Fsp3) is 0.444. The highest BCUT2D eigenvalue weighted by Crippen LogP contribution is 2.28. The Balaban J connectivity index is 2.04. The van der Waals surface area contributed by atoms with Crippen molar-refractivity contribution in [1.82, 2.24) is 4.98 Å². The summed E-state index contributed by atoms with van der Waals surface area (Å²) in [4.78, 5) is 16.1. The molecule has 1 unspecified atom stereocenters. The first-order valence-electron chi connectivity index (χ1n) is 8.19. The molecular weight excluding hydrogens is 312 g/mol. The van der Waals surface area contributed by atoms with E-state index in [0.717, 1.165) is 24.1 Å². The number of hydrogen-bond donors (Lipinski definition) is 2. The van der Waals surface area contributed by atoms with Crippen molar-refractivity contribution in [2.24, 2.45) is 11.1 Å². The molecule has 0 fully saturated rings. The maximum Gasteiger partial charge on any atom is 0.198 e. The average Bonchev–Trinajstić information content (AvgIpc) is 2.55. The molecule has 1 aromatic carbocycles. The summed E-state index contributed by atoms with van der Waals surface area (Å²) in [5.41, 5.74) is 2.58. The van der Waals surface area contributed by atoms with Crippen LogP contribution in [0.4, 0.5) is 0 Å².